The molecule has 1 aliphatic carbocycles. The zero-order chi connectivity index (χ0) is 15.2. The molecule has 0 radical (unpaired) electrons. The van der Waals surface area contributed by atoms with E-state index in [1.54, 1.807) is 0 Å². The quantitative estimate of drug-likeness (QED) is 0.849. The molecule has 21 heavy (non-hydrogen) atoms. The topological polar surface area (TPSA) is 74.7 Å². The van der Waals surface area contributed by atoms with Crippen LogP contribution in [0.4, 0.5) is 10.1 Å². The lowest BCUT2D eigenvalue weighted by molar-refractivity contribution is -0.125. The van der Waals surface area contributed by atoms with Crippen molar-refractivity contribution in [3.05, 3.63) is 29.6 Å². The van der Waals surface area contributed by atoms with Crippen molar-refractivity contribution in [3.8, 4) is 0 Å². The molecular formula is C15H14FNO4. The van der Waals surface area contributed by atoms with Gasteiger partial charge in [0.15, 0.2) is 0 Å². The molecule has 110 valence electrons. The van der Waals surface area contributed by atoms with Crippen LogP contribution < -0.4 is 4.90 Å². The molecule has 6 heteroatoms. The van der Waals surface area contributed by atoms with Gasteiger partial charge in [-0.05, 0) is 31.0 Å². The van der Waals surface area contributed by atoms with Gasteiger partial charge in [0.25, 0.3) is 0 Å². The summed E-state index contributed by atoms with van der Waals surface area (Å²) in [6.45, 7) is 0. The number of amides is 2. The van der Waals surface area contributed by atoms with Gasteiger partial charge in [0.2, 0.25) is 11.8 Å². The van der Waals surface area contributed by atoms with Crippen LogP contribution in [0.3, 0.4) is 0 Å². The van der Waals surface area contributed by atoms with Gasteiger partial charge < -0.3 is 5.11 Å². The normalized spacial score (nSPS) is 20.5. The van der Waals surface area contributed by atoms with Gasteiger partial charge in [-0.3, -0.25) is 9.59 Å². The smallest absolute Gasteiger partial charge is 0.337 e. The fraction of sp³-hybridized carbons (Fsp3) is 0.400. The van der Waals surface area contributed by atoms with E-state index in [-0.39, 0.29) is 23.6 Å². The third-order valence-corrected chi connectivity index (χ3v) is 4.39. The molecular weight excluding hydrogens is 277 g/mol. The number of hydrogen-bond donors (Lipinski definition) is 1. The van der Waals surface area contributed by atoms with Gasteiger partial charge in [-0.25, -0.2) is 14.1 Å². The van der Waals surface area contributed by atoms with E-state index < -0.39 is 23.1 Å². The Bertz CT molecular complexity index is 649. The molecule has 0 aromatic heterocycles. The maximum absolute atomic E-state index is 13.2. The number of aromatic carboxylic acids is 1. The van der Waals surface area contributed by atoms with Crippen LogP contribution in [0, 0.1) is 11.2 Å². The maximum atomic E-state index is 13.2. The van der Waals surface area contributed by atoms with E-state index in [9.17, 15) is 18.8 Å². The van der Waals surface area contributed by atoms with Crippen LogP contribution >= 0.6 is 0 Å². The van der Waals surface area contributed by atoms with E-state index in [2.05, 4.69) is 0 Å². The third-order valence-electron chi connectivity index (χ3n) is 4.39. The number of carbonyl (C=O) groups is 3. The van der Waals surface area contributed by atoms with Crippen molar-refractivity contribution < 1.29 is 23.9 Å². The molecule has 1 saturated carbocycles. The molecule has 1 aliphatic heterocycles. The summed E-state index contributed by atoms with van der Waals surface area (Å²) in [5.41, 5.74) is -1.09. The monoisotopic (exact) mass is 291 g/mol. The summed E-state index contributed by atoms with van der Waals surface area (Å²) in [5.74, 6) is -2.83. The predicted molar refractivity (Wildman–Crippen MR) is 71.4 cm³/mol. The lowest BCUT2D eigenvalue weighted by Gasteiger charge is -2.21. The summed E-state index contributed by atoms with van der Waals surface area (Å²) in [7, 11) is 0. The van der Waals surface area contributed by atoms with Gasteiger partial charge in [-0.1, -0.05) is 12.8 Å². The molecule has 1 saturated heterocycles. The number of carboxylic acid groups (broad SMARTS) is 1. The minimum absolute atomic E-state index is 0.0392. The summed E-state index contributed by atoms with van der Waals surface area (Å²) >= 11 is 0. The molecule has 2 amide bonds. The van der Waals surface area contributed by atoms with E-state index in [1.807, 2.05) is 0 Å². The fourth-order valence-electron chi connectivity index (χ4n) is 3.36. The van der Waals surface area contributed by atoms with Gasteiger partial charge in [0.1, 0.15) is 5.82 Å². The average Bonchev–Trinajstić information content (AvgIpc) is 2.98. The van der Waals surface area contributed by atoms with Gasteiger partial charge >= 0.3 is 5.97 Å². The molecule has 0 atom stereocenters. The number of imide groups is 1. The first-order chi connectivity index (χ1) is 9.94. The van der Waals surface area contributed by atoms with Crippen molar-refractivity contribution in [1.82, 2.24) is 0 Å². The first-order valence-electron chi connectivity index (χ1n) is 6.85. The van der Waals surface area contributed by atoms with Crippen molar-refractivity contribution >= 4 is 23.5 Å². The number of nitrogens with zero attached hydrogens (tertiary/aromatic N) is 1. The van der Waals surface area contributed by atoms with Gasteiger partial charge in [-0.15, -0.1) is 0 Å². The highest BCUT2D eigenvalue weighted by atomic mass is 19.1. The Morgan fingerprint density at radius 1 is 1.24 bits per heavy atom. The Kier molecular flexibility index (Phi) is 3.04. The maximum Gasteiger partial charge on any atom is 0.337 e. The summed E-state index contributed by atoms with van der Waals surface area (Å²) in [6, 6.07) is 3.07. The van der Waals surface area contributed by atoms with E-state index >= 15 is 0 Å². The Morgan fingerprint density at radius 3 is 2.52 bits per heavy atom. The standard InChI is InChI=1S/C15H14FNO4/c16-9-3-4-11(10(7-9)13(19)20)17-12(18)8-15(14(17)21)5-1-2-6-15/h3-4,7H,1-2,5-6,8H2,(H,19,20). The Morgan fingerprint density at radius 2 is 1.90 bits per heavy atom. The summed E-state index contributed by atoms with van der Waals surface area (Å²) in [6.07, 6.45) is 3.20. The highest BCUT2D eigenvalue weighted by Gasteiger charge is 2.53. The number of carboxylic acids is 1. The Balaban J connectivity index is 2.07. The van der Waals surface area contributed by atoms with Crippen molar-refractivity contribution in [2.75, 3.05) is 4.90 Å². The van der Waals surface area contributed by atoms with Crippen molar-refractivity contribution in [2.24, 2.45) is 5.41 Å². The minimum Gasteiger partial charge on any atom is -0.478 e. The Hall–Kier alpha value is -2.24. The Labute approximate surface area is 120 Å². The molecule has 3 rings (SSSR count). The number of rotatable bonds is 2. The van der Waals surface area contributed by atoms with E-state index in [1.165, 1.54) is 6.07 Å². The largest absolute Gasteiger partial charge is 0.478 e. The van der Waals surface area contributed by atoms with Crippen LogP contribution in [-0.4, -0.2) is 22.9 Å². The summed E-state index contributed by atoms with van der Waals surface area (Å²) in [5, 5.41) is 9.16. The minimum atomic E-state index is -1.36. The van der Waals surface area contributed by atoms with Crippen molar-refractivity contribution in [1.29, 1.82) is 0 Å². The van der Waals surface area contributed by atoms with Crippen molar-refractivity contribution in [3.63, 3.8) is 0 Å². The SMILES string of the molecule is O=C(O)c1cc(F)ccc1N1C(=O)CC2(CCCC2)C1=O. The van der Waals surface area contributed by atoms with Crippen LogP contribution in [0.1, 0.15) is 42.5 Å². The van der Waals surface area contributed by atoms with Crippen LogP contribution in [0.5, 0.6) is 0 Å². The van der Waals surface area contributed by atoms with E-state index in [0.717, 1.165) is 29.9 Å². The summed E-state index contributed by atoms with van der Waals surface area (Å²) < 4.78 is 13.2. The lowest BCUT2D eigenvalue weighted by Crippen LogP contribution is -2.35. The zero-order valence-corrected chi connectivity index (χ0v) is 11.3. The first-order valence-corrected chi connectivity index (χ1v) is 6.85. The molecule has 1 N–H and O–H groups in total. The number of benzene rings is 1. The van der Waals surface area contributed by atoms with Gasteiger partial charge in [0.05, 0.1) is 16.7 Å². The lowest BCUT2D eigenvalue weighted by atomic mass is 9.84. The van der Waals surface area contributed by atoms with Crippen LogP contribution in [0.25, 0.3) is 0 Å². The van der Waals surface area contributed by atoms with Crippen molar-refractivity contribution in [2.45, 2.75) is 32.1 Å². The first kappa shape index (κ1) is 13.7. The fourth-order valence-corrected chi connectivity index (χ4v) is 3.36. The molecule has 1 aromatic rings. The number of hydrogen-bond acceptors (Lipinski definition) is 3. The van der Waals surface area contributed by atoms with Gasteiger partial charge in [-0.2, -0.15) is 0 Å². The van der Waals surface area contributed by atoms with Gasteiger partial charge in [0, 0.05) is 6.42 Å². The predicted octanol–water partition coefficient (Wildman–Crippen LogP) is 2.35. The molecule has 2 aliphatic rings. The summed E-state index contributed by atoms with van der Waals surface area (Å²) in [4.78, 5) is 37.0. The zero-order valence-electron chi connectivity index (χ0n) is 11.3. The molecule has 5 nitrogen and oxygen atoms in total. The van der Waals surface area contributed by atoms with Crippen LogP contribution in [-0.2, 0) is 9.59 Å². The molecule has 1 aromatic carbocycles. The van der Waals surface area contributed by atoms with Crippen LogP contribution in [0.15, 0.2) is 18.2 Å². The number of halogens is 1. The average molecular weight is 291 g/mol. The van der Waals surface area contributed by atoms with Crippen LogP contribution in [0.2, 0.25) is 0 Å². The highest BCUT2D eigenvalue weighted by molar-refractivity contribution is 6.24. The third kappa shape index (κ3) is 2.02. The second-order valence-corrected chi connectivity index (χ2v) is 5.67. The highest BCUT2D eigenvalue weighted by Crippen LogP contribution is 2.48. The molecule has 2 fully saturated rings. The molecule has 1 spiro atoms. The number of carbonyl (C=O) groups excluding carboxylic acids is 2. The molecule has 0 unspecified atom stereocenters. The van der Waals surface area contributed by atoms with E-state index in [4.69, 9.17) is 5.11 Å². The van der Waals surface area contributed by atoms with E-state index in [0.29, 0.717) is 12.8 Å². The molecule has 1 heterocycles. The number of anilines is 1. The second-order valence-electron chi connectivity index (χ2n) is 5.67. The molecule has 0 bridgehead atoms. The second kappa shape index (κ2) is 4.65.